The molecule has 4 nitrogen and oxygen atoms in total. The van der Waals surface area contributed by atoms with Gasteiger partial charge in [0.05, 0.1) is 19.3 Å². The summed E-state index contributed by atoms with van der Waals surface area (Å²) in [7, 11) is 3.60. The van der Waals surface area contributed by atoms with Crippen LogP contribution in [0.2, 0.25) is 0 Å². The van der Waals surface area contributed by atoms with Gasteiger partial charge in [0, 0.05) is 11.4 Å². The number of hydrogen-bond donors (Lipinski definition) is 0. The lowest BCUT2D eigenvalue weighted by Gasteiger charge is -2.02. The molecule has 0 aliphatic rings. The Morgan fingerprint density at radius 1 is 1.29 bits per heavy atom. The van der Waals surface area contributed by atoms with Crippen molar-refractivity contribution in [1.29, 1.82) is 0 Å². The highest BCUT2D eigenvalue weighted by Gasteiger charge is 2.07. The molecule has 88 valence electrons. The van der Waals surface area contributed by atoms with Gasteiger partial charge < -0.3 is 4.74 Å². The van der Waals surface area contributed by atoms with Crippen molar-refractivity contribution < 1.29 is 9.30 Å². The maximum Gasteiger partial charge on any atom is 0.408 e. The number of aromatic nitrogens is 1. The second-order valence-electron chi connectivity index (χ2n) is 3.65. The lowest BCUT2D eigenvalue weighted by molar-refractivity contribution is -0.654. The van der Waals surface area contributed by atoms with Crippen LogP contribution in [0.25, 0.3) is 0 Å². The van der Waals surface area contributed by atoms with Crippen molar-refractivity contribution in [2.45, 2.75) is 6.92 Å². The number of aryl methyl sites for hydroxylation is 2. The van der Waals surface area contributed by atoms with Gasteiger partial charge in [0.25, 0.3) is 0 Å². The Balaban J connectivity index is 2.24. The molecule has 17 heavy (non-hydrogen) atoms. The third kappa shape index (κ3) is 2.68. The van der Waals surface area contributed by atoms with E-state index in [4.69, 9.17) is 4.74 Å². The minimum atomic E-state index is 0.792. The van der Waals surface area contributed by atoms with Gasteiger partial charge in [0.15, 0.2) is 0 Å². The Kier molecular flexibility index (Phi) is 3.49. The molecule has 1 aromatic heterocycles. The molecule has 0 atom stereocenters. The largest absolute Gasteiger partial charge is 0.496 e. The van der Waals surface area contributed by atoms with Crippen LogP contribution in [0.4, 0.5) is 10.8 Å². The van der Waals surface area contributed by atoms with Gasteiger partial charge >= 0.3 is 5.13 Å². The first-order valence-corrected chi connectivity index (χ1v) is 6.08. The summed E-state index contributed by atoms with van der Waals surface area (Å²) in [5, 5.41) is 11.2. The van der Waals surface area contributed by atoms with E-state index in [1.54, 1.807) is 18.4 Å². The maximum atomic E-state index is 5.24. The number of ether oxygens (including phenoxy) is 1. The van der Waals surface area contributed by atoms with E-state index in [-0.39, 0.29) is 0 Å². The third-order valence-electron chi connectivity index (χ3n) is 2.40. The fourth-order valence-corrected chi connectivity index (χ4v) is 2.08. The van der Waals surface area contributed by atoms with Crippen LogP contribution in [-0.2, 0) is 7.05 Å². The van der Waals surface area contributed by atoms with Crippen LogP contribution < -0.4 is 9.30 Å². The van der Waals surface area contributed by atoms with Crippen molar-refractivity contribution in [3.05, 3.63) is 35.3 Å². The summed E-state index contributed by atoms with van der Waals surface area (Å²) in [5.74, 6) is 0.831. The van der Waals surface area contributed by atoms with Gasteiger partial charge in [-0.3, -0.25) is 0 Å². The van der Waals surface area contributed by atoms with E-state index in [1.807, 2.05) is 48.3 Å². The SMILES string of the molecule is COc1cc(N=Nc2scc[n+]2C)ccc1C. The normalized spacial score (nSPS) is 11.0. The van der Waals surface area contributed by atoms with E-state index in [0.29, 0.717) is 0 Å². The molecule has 1 heterocycles. The van der Waals surface area contributed by atoms with E-state index in [2.05, 4.69) is 10.2 Å². The molecule has 2 rings (SSSR count). The number of rotatable bonds is 3. The van der Waals surface area contributed by atoms with Gasteiger partial charge in [-0.25, -0.2) is 4.57 Å². The van der Waals surface area contributed by atoms with Crippen LogP contribution in [0.5, 0.6) is 5.75 Å². The number of methoxy groups -OCH3 is 1. The lowest BCUT2D eigenvalue weighted by Crippen LogP contribution is -2.23. The van der Waals surface area contributed by atoms with E-state index in [9.17, 15) is 0 Å². The molecular formula is C12H14N3OS+. The summed E-state index contributed by atoms with van der Waals surface area (Å²) >= 11 is 1.55. The summed E-state index contributed by atoms with van der Waals surface area (Å²) in [6.45, 7) is 2.00. The van der Waals surface area contributed by atoms with Gasteiger partial charge in [-0.15, -0.1) is 0 Å². The fourth-order valence-electron chi connectivity index (χ4n) is 1.39. The molecular weight excluding hydrogens is 234 g/mol. The highest BCUT2D eigenvalue weighted by molar-refractivity contribution is 7.12. The Hall–Kier alpha value is -1.75. The highest BCUT2D eigenvalue weighted by Crippen LogP contribution is 2.25. The van der Waals surface area contributed by atoms with Crippen LogP contribution in [-0.4, -0.2) is 7.11 Å². The van der Waals surface area contributed by atoms with Crippen molar-refractivity contribution >= 4 is 22.2 Å². The van der Waals surface area contributed by atoms with Crippen molar-refractivity contribution in [1.82, 2.24) is 0 Å². The standard InChI is InChI=1S/C12H14N3OS/c1-9-4-5-10(8-11(9)16-3)13-14-12-15(2)6-7-17-12/h4-8H,1-3H3/q+1. The van der Waals surface area contributed by atoms with E-state index >= 15 is 0 Å². The molecule has 2 aromatic rings. The molecule has 5 heteroatoms. The Morgan fingerprint density at radius 3 is 2.76 bits per heavy atom. The van der Waals surface area contributed by atoms with E-state index in [0.717, 1.165) is 22.1 Å². The number of benzene rings is 1. The molecule has 0 amide bonds. The molecule has 0 spiro atoms. The van der Waals surface area contributed by atoms with Crippen LogP contribution in [0.1, 0.15) is 5.56 Å². The number of thiazole rings is 1. The van der Waals surface area contributed by atoms with Gasteiger partial charge in [-0.1, -0.05) is 6.07 Å². The van der Waals surface area contributed by atoms with Gasteiger partial charge in [0.1, 0.15) is 17.6 Å². The van der Waals surface area contributed by atoms with Gasteiger partial charge in [-0.05, 0) is 35.0 Å². The van der Waals surface area contributed by atoms with Crippen molar-refractivity contribution in [3.8, 4) is 5.75 Å². The lowest BCUT2D eigenvalue weighted by atomic mass is 10.2. The molecule has 0 bridgehead atoms. The van der Waals surface area contributed by atoms with Gasteiger partial charge in [-0.2, -0.15) is 0 Å². The zero-order valence-corrected chi connectivity index (χ0v) is 10.9. The van der Waals surface area contributed by atoms with Crippen molar-refractivity contribution in [2.75, 3.05) is 7.11 Å². The quantitative estimate of drug-likeness (QED) is 0.606. The summed E-state index contributed by atoms with van der Waals surface area (Å²) < 4.78 is 7.17. The molecule has 0 aliphatic heterocycles. The summed E-state index contributed by atoms with van der Waals surface area (Å²) in [6.07, 6.45) is 1.95. The second-order valence-corrected chi connectivity index (χ2v) is 4.52. The first-order valence-electron chi connectivity index (χ1n) is 5.20. The predicted octanol–water partition coefficient (Wildman–Crippen LogP) is 3.31. The minimum absolute atomic E-state index is 0.792. The summed E-state index contributed by atoms with van der Waals surface area (Å²) in [4.78, 5) is 0. The monoisotopic (exact) mass is 248 g/mol. The number of hydrogen-bond acceptors (Lipinski definition) is 4. The summed E-state index contributed by atoms with van der Waals surface area (Å²) in [6, 6.07) is 5.78. The van der Waals surface area contributed by atoms with Crippen LogP contribution >= 0.6 is 11.3 Å². The van der Waals surface area contributed by atoms with Crippen LogP contribution in [0.15, 0.2) is 40.0 Å². The summed E-state index contributed by atoms with van der Waals surface area (Å²) in [5.41, 5.74) is 1.88. The molecule has 0 saturated heterocycles. The topological polar surface area (TPSA) is 37.8 Å². The molecule has 0 fully saturated rings. The van der Waals surface area contributed by atoms with E-state index in [1.165, 1.54) is 0 Å². The smallest absolute Gasteiger partial charge is 0.408 e. The first kappa shape index (κ1) is 11.7. The highest BCUT2D eigenvalue weighted by atomic mass is 32.1. The minimum Gasteiger partial charge on any atom is -0.496 e. The Bertz CT molecular complexity index is 548. The zero-order valence-electron chi connectivity index (χ0n) is 10.0. The zero-order chi connectivity index (χ0) is 12.3. The average molecular weight is 248 g/mol. The second kappa shape index (κ2) is 5.05. The number of azo groups is 1. The van der Waals surface area contributed by atoms with Crippen LogP contribution in [0, 0.1) is 6.92 Å². The number of nitrogens with zero attached hydrogens (tertiary/aromatic N) is 3. The molecule has 0 N–H and O–H groups in total. The maximum absolute atomic E-state index is 5.24. The molecule has 1 aromatic carbocycles. The van der Waals surface area contributed by atoms with E-state index < -0.39 is 0 Å². The van der Waals surface area contributed by atoms with Crippen molar-refractivity contribution in [3.63, 3.8) is 0 Å². The fraction of sp³-hybridized carbons (Fsp3) is 0.250. The Labute approximate surface area is 104 Å². The van der Waals surface area contributed by atoms with Crippen molar-refractivity contribution in [2.24, 2.45) is 17.3 Å². The first-order chi connectivity index (χ1) is 8.20. The van der Waals surface area contributed by atoms with Crippen LogP contribution in [0.3, 0.4) is 0 Å². The predicted molar refractivity (Wildman–Crippen MR) is 67.4 cm³/mol. The Morgan fingerprint density at radius 2 is 2.12 bits per heavy atom. The molecule has 0 unspecified atom stereocenters. The van der Waals surface area contributed by atoms with Gasteiger partial charge in [0.2, 0.25) is 0 Å². The molecule has 0 radical (unpaired) electrons. The average Bonchev–Trinajstić information content (AvgIpc) is 2.74. The molecule has 0 saturated carbocycles. The third-order valence-corrected chi connectivity index (χ3v) is 3.24. The molecule has 0 aliphatic carbocycles.